The molecule has 1 aliphatic heterocycles. The van der Waals surface area contributed by atoms with E-state index >= 15 is 0 Å². The first-order chi connectivity index (χ1) is 6.68. The number of nitrogens with two attached hydrogens (primary N) is 1. The summed E-state index contributed by atoms with van der Waals surface area (Å²) < 4.78 is 0. The van der Waals surface area contributed by atoms with Crippen molar-refractivity contribution in [2.24, 2.45) is 5.73 Å². The highest BCUT2D eigenvalue weighted by atomic mass is 15.3. The lowest BCUT2D eigenvalue weighted by molar-refractivity contribution is 0.175. The number of hydrogen-bond donors (Lipinski definition) is 1. The molecule has 14 heavy (non-hydrogen) atoms. The maximum atomic E-state index is 6.24. The van der Waals surface area contributed by atoms with Gasteiger partial charge in [0, 0.05) is 13.1 Å². The van der Waals surface area contributed by atoms with Crippen LogP contribution in [0.25, 0.3) is 0 Å². The summed E-state index contributed by atoms with van der Waals surface area (Å²) in [6.07, 6.45) is 10.2. The molecule has 0 amide bonds. The zero-order chi connectivity index (χ0) is 10.0. The Morgan fingerprint density at radius 1 is 1.43 bits per heavy atom. The van der Waals surface area contributed by atoms with Gasteiger partial charge in [-0.3, -0.25) is 4.90 Å². The van der Waals surface area contributed by atoms with E-state index in [2.05, 4.69) is 17.9 Å². The van der Waals surface area contributed by atoms with Crippen LogP contribution in [-0.2, 0) is 0 Å². The summed E-state index contributed by atoms with van der Waals surface area (Å²) >= 11 is 0. The fraction of sp³-hybridized carbons (Fsp3) is 0.833. The molecule has 0 radical (unpaired) electrons. The van der Waals surface area contributed by atoms with E-state index in [1.807, 2.05) is 0 Å². The van der Waals surface area contributed by atoms with Gasteiger partial charge in [-0.05, 0) is 45.4 Å². The van der Waals surface area contributed by atoms with Crippen molar-refractivity contribution >= 4 is 0 Å². The maximum absolute atomic E-state index is 6.24. The minimum Gasteiger partial charge on any atom is -0.313 e. The van der Waals surface area contributed by atoms with Crippen molar-refractivity contribution in [1.29, 1.82) is 0 Å². The summed E-state index contributed by atoms with van der Waals surface area (Å²) in [5, 5.41) is 0. The minimum atomic E-state index is -0.0434. The number of rotatable bonds is 2. The van der Waals surface area contributed by atoms with E-state index in [0.717, 1.165) is 13.0 Å². The first kappa shape index (κ1) is 10.2. The Bertz CT molecular complexity index is 230. The van der Waals surface area contributed by atoms with Gasteiger partial charge in [0.25, 0.3) is 0 Å². The first-order valence-electron chi connectivity index (χ1n) is 5.90. The molecule has 80 valence electrons. The predicted molar refractivity (Wildman–Crippen MR) is 60.0 cm³/mol. The number of allylic oxidation sites excluding steroid dienone is 1. The van der Waals surface area contributed by atoms with Crippen molar-refractivity contribution in [3.63, 3.8) is 0 Å². The Morgan fingerprint density at radius 2 is 2.29 bits per heavy atom. The second kappa shape index (κ2) is 4.03. The van der Waals surface area contributed by atoms with Gasteiger partial charge in [-0.15, -0.1) is 0 Å². The molecule has 1 atom stereocenters. The molecule has 1 unspecified atom stereocenters. The predicted octanol–water partition coefficient (Wildman–Crippen LogP) is 2.26. The summed E-state index contributed by atoms with van der Waals surface area (Å²) in [7, 11) is 0. The standard InChI is InChI=1S/C12H22N2/c1-12(13)8-5-9-14(12)10-11-6-3-2-4-7-11/h6H,2-5,7-10,13H2,1H3. The van der Waals surface area contributed by atoms with Crippen molar-refractivity contribution in [3.8, 4) is 0 Å². The average molecular weight is 194 g/mol. The largest absolute Gasteiger partial charge is 0.313 e. The van der Waals surface area contributed by atoms with Crippen LogP contribution in [0.15, 0.2) is 11.6 Å². The van der Waals surface area contributed by atoms with E-state index in [1.54, 1.807) is 5.57 Å². The van der Waals surface area contributed by atoms with Crippen LogP contribution in [0.4, 0.5) is 0 Å². The Morgan fingerprint density at radius 3 is 2.86 bits per heavy atom. The van der Waals surface area contributed by atoms with Gasteiger partial charge in [0.2, 0.25) is 0 Å². The normalized spacial score (nSPS) is 34.6. The first-order valence-corrected chi connectivity index (χ1v) is 5.90. The molecule has 2 N–H and O–H groups in total. The zero-order valence-corrected chi connectivity index (χ0v) is 9.26. The van der Waals surface area contributed by atoms with Crippen molar-refractivity contribution in [2.45, 2.75) is 51.1 Å². The second-order valence-electron chi connectivity index (χ2n) is 4.99. The van der Waals surface area contributed by atoms with E-state index < -0.39 is 0 Å². The van der Waals surface area contributed by atoms with E-state index in [0.29, 0.717) is 0 Å². The monoisotopic (exact) mass is 194 g/mol. The quantitative estimate of drug-likeness (QED) is 0.683. The molecule has 1 heterocycles. The summed E-state index contributed by atoms with van der Waals surface area (Å²) in [6, 6.07) is 0. The molecule has 0 aromatic heterocycles. The van der Waals surface area contributed by atoms with Crippen LogP contribution in [0.5, 0.6) is 0 Å². The van der Waals surface area contributed by atoms with Gasteiger partial charge in [0.1, 0.15) is 0 Å². The van der Waals surface area contributed by atoms with E-state index in [-0.39, 0.29) is 5.66 Å². The molecule has 2 rings (SSSR count). The molecule has 0 aromatic carbocycles. The highest BCUT2D eigenvalue weighted by Gasteiger charge is 2.32. The lowest BCUT2D eigenvalue weighted by Gasteiger charge is -2.32. The summed E-state index contributed by atoms with van der Waals surface area (Å²) in [5.41, 5.74) is 7.81. The smallest absolute Gasteiger partial charge is 0.0661 e. The van der Waals surface area contributed by atoms with Gasteiger partial charge in [0.05, 0.1) is 5.66 Å². The van der Waals surface area contributed by atoms with Crippen LogP contribution in [-0.4, -0.2) is 23.7 Å². The second-order valence-corrected chi connectivity index (χ2v) is 4.99. The molecule has 2 heteroatoms. The summed E-state index contributed by atoms with van der Waals surface area (Å²) in [4.78, 5) is 2.45. The van der Waals surface area contributed by atoms with Crippen molar-refractivity contribution < 1.29 is 0 Å². The molecule has 1 aliphatic carbocycles. The van der Waals surface area contributed by atoms with Crippen LogP contribution in [0, 0.1) is 0 Å². The highest BCUT2D eigenvalue weighted by molar-refractivity contribution is 5.09. The minimum absolute atomic E-state index is 0.0434. The fourth-order valence-corrected chi connectivity index (χ4v) is 2.59. The van der Waals surface area contributed by atoms with E-state index in [1.165, 1.54) is 38.6 Å². The number of hydrogen-bond acceptors (Lipinski definition) is 2. The molecule has 0 spiro atoms. The number of likely N-dealkylation sites (tertiary alicyclic amines) is 1. The third-order valence-corrected chi connectivity index (χ3v) is 3.61. The van der Waals surface area contributed by atoms with Crippen molar-refractivity contribution in [1.82, 2.24) is 4.90 Å². The Labute approximate surface area is 87.2 Å². The summed E-state index contributed by atoms with van der Waals surface area (Å²) in [5.74, 6) is 0. The van der Waals surface area contributed by atoms with Crippen LogP contribution in [0.3, 0.4) is 0 Å². The van der Waals surface area contributed by atoms with Crippen molar-refractivity contribution in [3.05, 3.63) is 11.6 Å². The topological polar surface area (TPSA) is 29.3 Å². The van der Waals surface area contributed by atoms with Gasteiger partial charge < -0.3 is 5.73 Å². The Kier molecular flexibility index (Phi) is 2.93. The van der Waals surface area contributed by atoms with E-state index in [4.69, 9.17) is 5.73 Å². The molecule has 1 fully saturated rings. The van der Waals surface area contributed by atoms with Crippen molar-refractivity contribution in [2.75, 3.05) is 13.1 Å². The maximum Gasteiger partial charge on any atom is 0.0661 e. The summed E-state index contributed by atoms with van der Waals surface area (Å²) in [6.45, 7) is 4.47. The van der Waals surface area contributed by atoms with E-state index in [9.17, 15) is 0 Å². The molecule has 2 aliphatic rings. The van der Waals surface area contributed by atoms with Crippen LogP contribution >= 0.6 is 0 Å². The van der Waals surface area contributed by atoms with Crippen LogP contribution < -0.4 is 5.73 Å². The molecule has 0 aromatic rings. The lowest BCUT2D eigenvalue weighted by Crippen LogP contribution is -2.49. The molecule has 0 bridgehead atoms. The molecular formula is C12H22N2. The van der Waals surface area contributed by atoms with Gasteiger partial charge in [-0.1, -0.05) is 11.6 Å². The number of nitrogens with zero attached hydrogens (tertiary/aromatic N) is 1. The fourth-order valence-electron chi connectivity index (χ4n) is 2.59. The zero-order valence-electron chi connectivity index (χ0n) is 9.26. The van der Waals surface area contributed by atoms with Crippen LogP contribution in [0.2, 0.25) is 0 Å². The average Bonchev–Trinajstić information content (AvgIpc) is 2.48. The molecule has 1 saturated heterocycles. The highest BCUT2D eigenvalue weighted by Crippen LogP contribution is 2.27. The third-order valence-electron chi connectivity index (χ3n) is 3.61. The SMILES string of the molecule is CC1(N)CCCN1CC1=CCCCC1. The third kappa shape index (κ3) is 2.18. The van der Waals surface area contributed by atoms with Gasteiger partial charge in [-0.2, -0.15) is 0 Å². The van der Waals surface area contributed by atoms with Gasteiger partial charge in [-0.25, -0.2) is 0 Å². The van der Waals surface area contributed by atoms with Gasteiger partial charge >= 0.3 is 0 Å². The lowest BCUT2D eigenvalue weighted by atomic mass is 9.99. The van der Waals surface area contributed by atoms with Gasteiger partial charge in [0.15, 0.2) is 0 Å². The molecular weight excluding hydrogens is 172 g/mol. The van der Waals surface area contributed by atoms with Crippen LogP contribution in [0.1, 0.15) is 45.4 Å². The Hall–Kier alpha value is -0.340. The Balaban J connectivity index is 1.93. The molecule has 0 saturated carbocycles. The molecule has 2 nitrogen and oxygen atoms in total.